The normalized spacial score (nSPS) is 9.73. The van der Waals surface area contributed by atoms with Gasteiger partial charge in [0.25, 0.3) is 0 Å². The monoisotopic (exact) mass is 210 g/mol. The Morgan fingerprint density at radius 2 is 2.33 bits per heavy atom. The fourth-order valence-corrected chi connectivity index (χ4v) is 0.875. The average Bonchev–Trinajstić information content (AvgIpc) is 2.18. The van der Waals surface area contributed by atoms with E-state index < -0.39 is 6.09 Å². The molecule has 0 radical (unpaired) electrons. The summed E-state index contributed by atoms with van der Waals surface area (Å²) < 4.78 is 4.88. The molecule has 6 heteroatoms. The smallest absolute Gasteiger partial charge is 0.414 e. The molecule has 0 fully saturated rings. The standard InChI is InChI=1S/C9H14N4O2/c1-3-4-5-15-9(14)13-8-11-6-10-7(2)12-8/h6H,3-5H2,1-2H3,(H,10,11,12,13,14). The van der Waals surface area contributed by atoms with Gasteiger partial charge in [0.15, 0.2) is 0 Å². The summed E-state index contributed by atoms with van der Waals surface area (Å²) in [7, 11) is 0. The molecule has 0 unspecified atom stereocenters. The second-order valence-electron chi connectivity index (χ2n) is 2.97. The summed E-state index contributed by atoms with van der Waals surface area (Å²) in [5.41, 5.74) is 0. The molecule has 15 heavy (non-hydrogen) atoms. The molecule has 0 aromatic carbocycles. The average molecular weight is 210 g/mol. The quantitative estimate of drug-likeness (QED) is 0.762. The molecule has 0 saturated carbocycles. The minimum absolute atomic E-state index is 0.212. The van der Waals surface area contributed by atoms with Crippen molar-refractivity contribution in [1.82, 2.24) is 15.0 Å². The van der Waals surface area contributed by atoms with Crippen LogP contribution in [0.4, 0.5) is 10.7 Å². The van der Waals surface area contributed by atoms with Crippen LogP contribution < -0.4 is 5.32 Å². The molecule has 0 bridgehead atoms. The van der Waals surface area contributed by atoms with Crippen LogP contribution in [0.15, 0.2) is 6.33 Å². The molecule has 0 aliphatic rings. The third-order valence-electron chi connectivity index (χ3n) is 1.64. The van der Waals surface area contributed by atoms with Gasteiger partial charge < -0.3 is 4.74 Å². The number of nitrogens with zero attached hydrogens (tertiary/aromatic N) is 3. The van der Waals surface area contributed by atoms with Gasteiger partial charge in [-0.25, -0.2) is 14.8 Å². The zero-order chi connectivity index (χ0) is 11.1. The maximum absolute atomic E-state index is 11.2. The highest BCUT2D eigenvalue weighted by Gasteiger charge is 2.04. The molecule has 82 valence electrons. The van der Waals surface area contributed by atoms with E-state index in [1.165, 1.54) is 6.33 Å². The van der Waals surface area contributed by atoms with Gasteiger partial charge in [-0.1, -0.05) is 13.3 Å². The van der Waals surface area contributed by atoms with Crippen molar-refractivity contribution in [2.45, 2.75) is 26.7 Å². The van der Waals surface area contributed by atoms with Crippen LogP contribution in [0, 0.1) is 6.92 Å². The van der Waals surface area contributed by atoms with Crippen LogP contribution in [0.5, 0.6) is 0 Å². The number of amides is 1. The summed E-state index contributed by atoms with van der Waals surface area (Å²) in [6.07, 6.45) is 2.64. The Hall–Kier alpha value is -1.72. The van der Waals surface area contributed by atoms with Crippen LogP contribution in [0.3, 0.4) is 0 Å². The molecule has 0 atom stereocenters. The van der Waals surface area contributed by atoms with Crippen LogP contribution >= 0.6 is 0 Å². The number of anilines is 1. The number of nitrogens with one attached hydrogen (secondary N) is 1. The Bertz CT molecular complexity index is 330. The Balaban J connectivity index is 2.37. The SMILES string of the molecule is CCCCOC(=O)Nc1ncnc(C)n1. The molecule has 0 saturated heterocycles. The summed E-state index contributed by atoms with van der Waals surface area (Å²) >= 11 is 0. The summed E-state index contributed by atoms with van der Waals surface area (Å²) in [5, 5.41) is 2.42. The first-order valence-electron chi connectivity index (χ1n) is 4.81. The van der Waals surface area contributed by atoms with Crippen LogP contribution in [0.1, 0.15) is 25.6 Å². The number of hydrogen-bond acceptors (Lipinski definition) is 5. The lowest BCUT2D eigenvalue weighted by molar-refractivity contribution is 0.159. The zero-order valence-corrected chi connectivity index (χ0v) is 8.86. The van der Waals surface area contributed by atoms with Crippen LogP contribution in [0.25, 0.3) is 0 Å². The molecule has 1 aromatic rings. The largest absolute Gasteiger partial charge is 0.449 e. The van der Waals surface area contributed by atoms with Gasteiger partial charge >= 0.3 is 6.09 Å². The molecular formula is C9H14N4O2. The molecule has 6 nitrogen and oxygen atoms in total. The highest BCUT2D eigenvalue weighted by atomic mass is 16.5. The number of hydrogen-bond donors (Lipinski definition) is 1. The number of aromatic nitrogens is 3. The third-order valence-corrected chi connectivity index (χ3v) is 1.64. The number of unbranched alkanes of at least 4 members (excludes halogenated alkanes) is 1. The summed E-state index contributed by atoms with van der Waals surface area (Å²) in [6.45, 7) is 4.15. The van der Waals surface area contributed by atoms with Gasteiger partial charge in [0, 0.05) is 0 Å². The van der Waals surface area contributed by atoms with Crippen molar-refractivity contribution in [3.63, 3.8) is 0 Å². The number of rotatable bonds is 4. The van der Waals surface area contributed by atoms with Crippen LogP contribution in [-0.4, -0.2) is 27.7 Å². The Morgan fingerprint density at radius 3 is 3.00 bits per heavy atom. The highest BCUT2D eigenvalue weighted by molar-refractivity contribution is 5.82. The van der Waals surface area contributed by atoms with Gasteiger partial charge in [0.2, 0.25) is 5.95 Å². The third kappa shape index (κ3) is 4.35. The Kier molecular flexibility index (Phi) is 4.46. The number of ether oxygens (including phenoxy) is 1. The van der Waals surface area contributed by atoms with Crippen molar-refractivity contribution in [3.8, 4) is 0 Å². The lowest BCUT2D eigenvalue weighted by Crippen LogP contribution is -2.16. The Morgan fingerprint density at radius 1 is 1.53 bits per heavy atom. The summed E-state index contributed by atoms with van der Waals surface area (Å²) in [5.74, 6) is 0.762. The van der Waals surface area contributed by atoms with Gasteiger partial charge in [-0.15, -0.1) is 0 Å². The van der Waals surface area contributed by atoms with Crippen molar-refractivity contribution in [3.05, 3.63) is 12.2 Å². The minimum atomic E-state index is -0.533. The molecule has 1 N–H and O–H groups in total. The Labute approximate surface area is 88.1 Å². The predicted octanol–water partition coefficient (Wildman–Crippen LogP) is 1.53. The molecule has 1 heterocycles. The van der Waals surface area contributed by atoms with E-state index in [1.807, 2.05) is 6.92 Å². The van der Waals surface area contributed by atoms with E-state index in [9.17, 15) is 4.79 Å². The fourth-order valence-electron chi connectivity index (χ4n) is 0.875. The van der Waals surface area contributed by atoms with Crippen molar-refractivity contribution >= 4 is 12.0 Å². The summed E-state index contributed by atoms with van der Waals surface area (Å²) in [6, 6.07) is 0. The van der Waals surface area contributed by atoms with Gasteiger partial charge in [0.05, 0.1) is 6.61 Å². The van der Waals surface area contributed by atoms with Crippen molar-refractivity contribution in [2.24, 2.45) is 0 Å². The van der Waals surface area contributed by atoms with E-state index in [0.29, 0.717) is 12.4 Å². The van der Waals surface area contributed by atoms with Crippen molar-refractivity contribution in [2.75, 3.05) is 11.9 Å². The second kappa shape index (κ2) is 5.90. The highest BCUT2D eigenvalue weighted by Crippen LogP contribution is 1.97. The van der Waals surface area contributed by atoms with E-state index in [1.54, 1.807) is 6.92 Å². The number of aryl methyl sites for hydroxylation is 1. The molecular weight excluding hydrogens is 196 g/mol. The van der Waals surface area contributed by atoms with Crippen molar-refractivity contribution < 1.29 is 9.53 Å². The first-order chi connectivity index (χ1) is 7.22. The number of carbonyl (C=O) groups is 1. The van der Waals surface area contributed by atoms with Crippen LogP contribution in [0.2, 0.25) is 0 Å². The van der Waals surface area contributed by atoms with E-state index in [0.717, 1.165) is 12.8 Å². The fraction of sp³-hybridized carbons (Fsp3) is 0.556. The summed E-state index contributed by atoms with van der Waals surface area (Å²) in [4.78, 5) is 22.7. The van der Waals surface area contributed by atoms with Gasteiger partial charge in [-0.05, 0) is 13.3 Å². The van der Waals surface area contributed by atoms with E-state index in [4.69, 9.17) is 4.74 Å². The first-order valence-corrected chi connectivity index (χ1v) is 4.81. The predicted molar refractivity (Wildman–Crippen MR) is 54.4 cm³/mol. The molecule has 0 aliphatic carbocycles. The van der Waals surface area contributed by atoms with Crippen LogP contribution in [-0.2, 0) is 4.74 Å². The maximum Gasteiger partial charge on any atom is 0.414 e. The van der Waals surface area contributed by atoms with Gasteiger partial charge in [0.1, 0.15) is 12.2 Å². The lowest BCUT2D eigenvalue weighted by Gasteiger charge is -2.04. The van der Waals surface area contributed by atoms with E-state index in [-0.39, 0.29) is 5.95 Å². The molecule has 1 rings (SSSR count). The van der Waals surface area contributed by atoms with Gasteiger partial charge in [-0.3, -0.25) is 5.32 Å². The number of carbonyl (C=O) groups excluding carboxylic acids is 1. The maximum atomic E-state index is 11.2. The second-order valence-corrected chi connectivity index (χ2v) is 2.97. The lowest BCUT2D eigenvalue weighted by atomic mass is 10.4. The first kappa shape index (κ1) is 11.4. The topological polar surface area (TPSA) is 77.0 Å². The van der Waals surface area contributed by atoms with Gasteiger partial charge in [-0.2, -0.15) is 4.98 Å². The molecule has 0 aliphatic heterocycles. The minimum Gasteiger partial charge on any atom is -0.449 e. The van der Waals surface area contributed by atoms with E-state index >= 15 is 0 Å². The zero-order valence-electron chi connectivity index (χ0n) is 8.86. The molecule has 1 amide bonds. The van der Waals surface area contributed by atoms with Crippen molar-refractivity contribution in [1.29, 1.82) is 0 Å². The molecule has 0 spiro atoms. The van der Waals surface area contributed by atoms with E-state index in [2.05, 4.69) is 20.3 Å². The molecule has 1 aromatic heterocycles.